The van der Waals surface area contributed by atoms with Crippen LogP contribution >= 0.6 is 0 Å². The van der Waals surface area contributed by atoms with Crippen molar-refractivity contribution < 1.29 is 48.3 Å². The van der Waals surface area contributed by atoms with Gasteiger partial charge < -0.3 is 45.1 Å². The van der Waals surface area contributed by atoms with Gasteiger partial charge in [0.25, 0.3) is 5.91 Å². The van der Waals surface area contributed by atoms with Crippen LogP contribution in [-0.4, -0.2) is 83.5 Å². The summed E-state index contributed by atoms with van der Waals surface area (Å²) in [6.45, 7) is 8.81. The molecule has 0 aromatic heterocycles. The zero-order valence-electron chi connectivity index (χ0n) is 27.7. The van der Waals surface area contributed by atoms with Crippen LogP contribution in [0.4, 0.5) is 4.79 Å². The highest BCUT2D eigenvalue weighted by molar-refractivity contribution is 5.86. The SMILES string of the molecule is COC(=O)C[C@H](NC(=O)[C@H]1O[C@H](OCc2ccccc2)[C@H](NC(=O)[C@H](CC(C)C)NC(=O)OC(C)(C)C)[C@@H](O)[C@H]1O)c1ccccc1. The van der Waals surface area contributed by atoms with Gasteiger partial charge in [0.15, 0.2) is 12.4 Å². The summed E-state index contributed by atoms with van der Waals surface area (Å²) in [5, 5.41) is 30.4. The Morgan fingerprint density at radius 1 is 0.915 bits per heavy atom. The van der Waals surface area contributed by atoms with Gasteiger partial charge in [0.1, 0.15) is 29.9 Å². The summed E-state index contributed by atoms with van der Waals surface area (Å²) in [6.07, 6.45) is -7.37. The maximum atomic E-state index is 13.6. The highest BCUT2D eigenvalue weighted by Gasteiger charge is 2.49. The second-order valence-electron chi connectivity index (χ2n) is 12.8. The van der Waals surface area contributed by atoms with E-state index in [2.05, 4.69) is 16.0 Å². The third kappa shape index (κ3) is 11.6. The van der Waals surface area contributed by atoms with Gasteiger partial charge in [-0.3, -0.25) is 14.4 Å². The maximum Gasteiger partial charge on any atom is 0.408 e. The number of alkyl carbamates (subject to hydrolysis) is 1. The third-order valence-electron chi connectivity index (χ3n) is 7.26. The molecule has 13 heteroatoms. The van der Waals surface area contributed by atoms with Crippen molar-refractivity contribution in [3.63, 3.8) is 0 Å². The van der Waals surface area contributed by atoms with Crippen molar-refractivity contribution in [2.45, 2.75) is 102 Å². The Balaban J connectivity index is 1.85. The number of aliphatic hydroxyl groups excluding tert-OH is 2. The topological polar surface area (TPSA) is 182 Å². The molecule has 1 heterocycles. The number of carbonyl (C=O) groups excluding carboxylic acids is 4. The van der Waals surface area contributed by atoms with E-state index in [4.69, 9.17) is 18.9 Å². The molecule has 0 saturated carbocycles. The minimum atomic E-state index is -1.81. The van der Waals surface area contributed by atoms with Gasteiger partial charge in [-0.15, -0.1) is 0 Å². The van der Waals surface area contributed by atoms with Crippen LogP contribution in [0.15, 0.2) is 60.7 Å². The molecule has 3 amide bonds. The first-order valence-electron chi connectivity index (χ1n) is 15.6. The van der Waals surface area contributed by atoms with E-state index in [-0.39, 0.29) is 25.4 Å². The number of aliphatic hydroxyl groups is 2. The molecular formula is C34H47N3O10. The minimum Gasteiger partial charge on any atom is -0.469 e. The Labute approximate surface area is 275 Å². The molecule has 0 unspecified atom stereocenters. The molecule has 0 aliphatic carbocycles. The fraction of sp³-hybridized carbons (Fsp3) is 0.529. The van der Waals surface area contributed by atoms with E-state index in [1.807, 2.05) is 19.9 Å². The predicted octanol–water partition coefficient (Wildman–Crippen LogP) is 2.49. The Bertz CT molecular complexity index is 1320. The molecule has 1 saturated heterocycles. The fourth-order valence-corrected chi connectivity index (χ4v) is 4.99. The number of hydrogen-bond donors (Lipinski definition) is 5. The summed E-state index contributed by atoms with van der Waals surface area (Å²) in [7, 11) is 1.23. The first-order valence-corrected chi connectivity index (χ1v) is 15.6. The number of esters is 1. The molecule has 1 aliphatic rings. The van der Waals surface area contributed by atoms with Crippen molar-refractivity contribution in [1.29, 1.82) is 0 Å². The molecule has 0 spiro atoms. The van der Waals surface area contributed by atoms with Crippen molar-refractivity contribution >= 4 is 23.9 Å². The normalized spacial score (nSPS) is 22.4. The van der Waals surface area contributed by atoms with E-state index in [0.717, 1.165) is 5.56 Å². The number of rotatable bonds is 13. The van der Waals surface area contributed by atoms with Gasteiger partial charge >= 0.3 is 12.1 Å². The zero-order chi connectivity index (χ0) is 34.7. The Morgan fingerprint density at radius 2 is 1.53 bits per heavy atom. The summed E-state index contributed by atoms with van der Waals surface area (Å²) in [4.78, 5) is 51.8. The standard InChI is InChI=1S/C34H47N3O10/c1-20(2)17-24(36-33(43)47-34(3,4)5)30(41)37-26-27(39)28(40)29(46-32(26)45-19-21-13-9-7-10-14-21)31(42)35-23(18-25(38)44-6)22-15-11-8-12-16-22/h7-16,20,23-24,26-29,32,39-40H,17-19H2,1-6H3,(H,35,42)(H,36,43)(H,37,41)/t23-,24-,26+,27+,28+,29-,32-/m0/s1. The maximum absolute atomic E-state index is 13.6. The van der Waals surface area contributed by atoms with Gasteiger partial charge in [-0.05, 0) is 44.2 Å². The van der Waals surface area contributed by atoms with Gasteiger partial charge in [-0.25, -0.2) is 4.79 Å². The molecular weight excluding hydrogens is 610 g/mol. The highest BCUT2D eigenvalue weighted by atomic mass is 16.7. The molecule has 2 aromatic carbocycles. The molecule has 1 aliphatic heterocycles. The Kier molecular flexibility index (Phi) is 13.7. The predicted molar refractivity (Wildman–Crippen MR) is 170 cm³/mol. The molecule has 7 atom stereocenters. The Hall–Kier alpha value is -4.04. The summed E-state index contributed by atoms with van der Waals surface area (Å²) < 4.78 is 22.1. The molecule has 47 heavy (non-hydrogen) atoms. The third-order valence-corrected chi connectivity index (χ3v) is 7.26. The van der Waals surface area contributed by atoms with Gasteiger partial charge in [-0.1, -0.05) is 74.5 Å². The summed E-state index contributed by atoms with van der Waals surface area (Å²) in [5.41, 5.74) is 0.546. The van der Waals surface area contributed by atoms with E-state index in [1.54, 1.807) is 75.4 Å². The summed E-state index contributed by atoms with van der Waals surface area (Å²) >= 11 is 0. The van der Waals surface area contributed by atoms with Crippen molar-refractivity contribution in [3.8, 4) is 0 Å². The monoisotopic (exact) mass is 657 g/mol. The molecule has 0 bridgehead atoms. The lowest BCUT2D eigenvalue weighted by Crippen LogP contribution is -2.68. The largest absolute Gasteiger partial charge is 0.469 e. The second-order valence-corrected chi connectivity index (χ2v) is 12.8. The molecule has 13 nitrogen and oxygen atoms in total. The van der Waals surface area contributed by atoms with Crippen LogP contribution in [0.2, 0.25) is 0 Å². The van der Waals surface area contributed by atoms with Gasteiger partial charge in [0.2, 0.25) is 5.91 Å². The zero-order valence-corrected chi connectivity index (χ0v) is 27.7. The van der Waals surface area contributed by atoms with Crippen LogP contribution in [-0.2, 0) is 39.9 Å². The number of ether oxygens (including phenoxy) is 4. The minimum absolute atomic E-state index is 0.0143. The van der Waals surface area contributed by atoms with E-state index in [1.165, 1.54) is 7.11 Å². The average molecular weight is 658 g/mol. The van der Waals surface area contributed by atoms with Crippen molar-refractivity contribution in [1.82, 2.24) is 16.0 Å². The molecule has 5 N–H and O–H groups in total. The molecule has 1 fully saturated rings. The number of amides is 3. The van der Waals surface area contributed by atoms with Crippen molar-refractivity contribution in [2.24, 2.45) is 5.92 Å². The highest BCUT2D eigenvalue weighted by Crippen LogP contribution is 2.26. The second kappa shape index (κ2) is 17.2. The van der Waals surface area contributed by atoms with Crippen molar-refractivity contribution in [2.75, 3.05) is 7.11 Å². The smallest absolute Gasteiger partial charge is 0.408 e. The van der Waals surface area contributed by atoms with Crippen LogP contribution in [0, 0.1) is 5.92 Å². The van der Waals surface area contributed by atoms with Gasteiger partial charge in [0, 0.05) is 0 Å². The van der Waals surface area contributed by atoms with Crippen LogP contribution in [0.3, 0.4) is 0 Å². The first-order chi connectivity index (χ1) is 22.2. The summed E-state index contributed by atoms with van der Waals surface area (Å²) in [6, 6.07) is 14.5. The van der Waals surface area contributed by atoms with Crippen LogP contribution < -0.4 is 16.0 Å². The van der Waals surface area contributed by atoms with E-state index in [9.17, 15) is 29.4 Å². The average Bonchev–Trinajstić information content (AvgIpc) is 3.01. The first kappa shape index (κ1) is 37.4. The van der Waals surface area contributed by atoms with E-state index < -0.39 is 72.2 Å². The fourth-order valence-electron chi connectivity index (χ4n) is 4.99. The van der Waals surface area contributed by atoms with Crippen LogP contribution in [0.25, 0.3) is 0 Å². The van der Waals surface area contributed by atoms with Gasteiger partial charge in [-0.2, -0.15) is 0 Å². The molecule has 258 valence electrons. The quantitative estimate of drug-likeness (QED) is 0.201. The summed E-state index contributed by atoms with van der Waals surface area (Å²) in [5.74, 6) is -2.09. The number of benzene rings is 2. The van der Waals surface area contributed by atoms with Crippen LogP contribution in [0.1, 0.15) is 64.6 Å². The number of hydrogen-bond acceptors (Lipinski definition) is 10. The lowest BCUT2D eigenvalue weighted by Gasteiger charge is -2.42. The van der Waals surface area contributed by atoms with Crippen molar-refractivity contribution in [3.05, 3.63) is 71.8 Å². The number of carbonyl (C=O) groups is 4. The molecule has 0 radical (unpaired) electrons. The lowest BCUT2D eigenvalue weighted by molar-refractivity contribution is -0.263. The van der Waals surface area contributed by atoms with E-state index in [0.29, 0.717) is 5.56 Å². The molecule has 3 rings (SSSR count). The Morgan fingerprint density at radius 3 is 2.11 bits per heavy atom. The lowest BCUT2D eigenvalue weighted by atomic mass is 9.94. The van der Waals surface area contributed by atoms with E-state index >= 15 is 0 Å². The van der Waals surface area contributed by atoms with Gasteiger partial charge in [0.05, 0.1) is 26.2 Å². The van der Waals surface area contributed by atoms with Crippen LogP contribution in [0.5, 0.6) is 0 Å². The number of methoxy groups -OCH3 is 1. The molecule has 2 aromatic rings. The number of nitrogens with one attached hydrogen (secondary N) is 3.